The first-order valence-electron chi connectivity index (χ1n) is 7.44. The van der Waals surface area contributed by atoms with Gasteiger partial charge in [0, 0.05) is 38.6 Å². The van der Waals surface area contributed by atoms with E-state index < -0.39 is 0 Å². The zero-order chi connectivity index (χ0) is 14.9. The van der Waals surface area contributed by atoms with Crippen LogP contribution in [0.15, 0.2) is 36.7 Å². The number of piperazine rings is 1. The number of aryl methyl sites for hydroxylation is 1. The summed E-state index contributed by atoms with van der Waals surface area (Å²) in [4.78, 5) is 18.1. The topological polar surface area (TPSA) is 45.2 Å². The van der Waals surface area contributed by atoms with E-state index in [2.05, 4.69) is 44.9 Å². The van der Waals surface area contributed by atoms with Gasteiger partial charge in [-0.1, -0.05) is 23.5 Å². The molecule has 0 atom stereocenters. The highest BCUT2D eigenvalue weighted by Crippen LogP contribution is 2.31. The maximum Gasteiger partial charge on any atom is 0.225 e. The molecule has 112 valence electrons. The molecule has 1 aliphatic rings. The molecule has 1 aromatic carbocycles. The number of aromatic nitrogens is 3. The summed E-state index contributed by atoms with van der Waals surface area (Å²) >= 11 is 1.78. The molecule has 4 rings (SSSR count). The summed E-state index contributed by atoms with van der Waals surface area (Å²) in [7, 11) is 0. The second-order valence-corrected chi connectivity index (χ2v) is 6.45. The molecule has 6 heteroatoms. The maximum atomic E-state index is 4.83. The molecular formula is C16H17N5S. The Bertz CT molecular complexity index is 778. The minimum absolute atomic E-state index is 0.822. The van der Waals surface area contributed by atoms with Crippen LogP contribution in [0.3, 0.4) is 0 Å². The molecule has 0 bridgehead atoms. The van der Waals surface area contributed by atoms with Gasteiger partial charge in [-0.05, 0) is 24.6 Å². The molecule has 0 spiro atoms. The molecule has 0 saturated carbocycles. The van der Waals surface area contributed by atoms with E-state index >= 15 is 0 Å². The summed E-state index contributed by atoms with van der Waals surface area (Å²) in [5, 5.41) is 1.12. The highest BCUT2D eigenvalue weighted by molar-refractivity contribution is 7.22. The summed E-state index contributed by atoms with van der Waals surface area (Å²) in [6, 6.07) is 8.22. The van der Waals surface area contributed by atoms with Gasteiger partial charge in [0.15, 0.2) is 5.13 Å². The summed E-state index contributed by atoms with van der Waals surface area (Å²) < 4.78 is 1.27. The molecule has 1 fully saturated rings. The molecule has 3 aromatic rings. The van der Waals surface area contributed by atoms with Crippen LogP contribution in [0.4, 0.5) is 11.1 Å². The largest absolute Gasteiger partial charge is 0.345 e. The lowest BCUT2D eigenvalue weighted by atomic mass is 10.2. The van der Waals surface area contributed by atoms with E-state index in [0.717, 1.165) is 42.8 Å². The van der Waals surface area contributed by atoms with Crippen molar-refractivity contribution in [3.05, 3.63) is 42.2 Å². The van der Waals surface area contributed by atoms with Crippen molar-refractivity contribution in [2.75, 3.05) is 36.0 Å². The Kier molecular flexibility index (Phi) is 3.38. The van der Waals surface area contributed by atoms with Gasteiger partial charge in [0.05, 0.1) is 10.2 Å². The number of anilines is 2. The number of thiazole rings is 1. The Morgan fingerprint density at radius 2 is 1.68 bits per heavy atom. The molecule has 0 N–H and O–H groups in total. The van der Waals surface area contributed by atoms with E-state index in [1.165, 1.54) is 10.3 Å². The third kappa shape index (κ3) is 2.39. The Hall–Kier alpha value is -2.21. The zero-order valence-corrected chi connectivity index (χ0v) is 13.3. The van der Waals surface area contributed by atoms with Crippen molar-refractivity contribution in [1.82, 2.24) is 15.0 Å². The summed E-state index contributed by atoms with van der Waals surface area (Å²) in [6.45, 7) is 5.89. The van der Waals surface area contributed by atoms with Crippen LogP contribution >= 0.6 is 11.3 Å². The standard InChI is InChI=1S/C16H17N5S/c1-12-4-2-5-13-14(12)19-16(22-13)21-10-8-20(9-11-21)15-17-6-3-7-18-15/h2-7H,8-11H2,1H3. The van der Waals surface area contributed by atoms with Crippen LogP contribution in [-0.2, 0) is 0 Å². The summed E-state index contributed by atoms with van der Waals surface area (Å²) in [5.41, 5.74) is 2.38. The molecular weight excluding hydrogens is 294 g/mol. The fraction of sp³-hybridized carbons (Fsp3) is 0.312. The number of para-hydroxylation sites is 1. The third-order valence-electron chi connectivity index (χ3n) is 3.99. The summed E-state index contributed by atoms with van der Waals surface area (Å²) in [6.07, 6.45) is 3.59. The molecule has 0 amide bonds. The van der Waals surface area contributed by atoms with Crippen LogP contribution in [0.25, 0.3) is 10.2 Å². The quantitative estimate of drug-likeness (QED) is 0.728. The van der Waals surface area contributed by atoms with Crippen molar-refractivity contribution in [2.45, 2.75) is 6.92 Å². The van der Waals surface area contributed by atoms with E-state index in [-0.39, 0.29) is 0 Å². The average molecular weight is 311 g/mol. The number of rotatable bonds is 2. The lowest BCUT2D eigenvalue weighted by molar-refractivity contribution is 0.639. The predicted octanol–water partition coefficient (Wildman–Crippen LogP) is 2.72. The van der Waals surface area contributed by atoms with Crippen LogP contribution < -0.4 is 9.80 Å². The van der Waals surface area contributed by atoms with Gasteiger partial charge in [-0.3, -0.25) is 0 Å². The lowest BCUT2D eigenvalue weighted by Crippen LogP contribution is -2.47. The van der Waals surface area contributed by atoms with Gasteiger partial charge in [0.25, 0.3) is 0 Å². The SMILES string of the molecule is Cc1cccc2sc(N3CCN(c4ncccn4)CC3)nc12. The van der Waals surface area contributed by atoms with E-state index in [1.807, 2.05) is 6.07 Å². The molecule has 5 nitrogen and oxygen atoms in total. The highest BCUT2D eigenvalue weighted by atomic mass is 32.1. The number of hydrogen-bond acceptors (Lipinski definition) is 6. The molecule has 0 aliphatic carbocycles. The minimum Gasteiger partial charge on any atom is -0.345 e. The van der Waals surface area contributed by atoms with Gasteiger partial charge < -0.3 is 9.80 Å². The molecule has 2 aromatic heterocycles. The van der Waals surface area contributed by atoms with Crippen molar-refractivity contribution in [2.24, 2.45) is 0 Å². The second kappa shape index (κ2) is 5.53. The van der Waals surface area contributed by atoms with Gasteiger partial charge in [0.1, 0.15) is 0 Å². The number of hydrogen-bond donors (Lipinski definition) is 0. The van der Waals surface area contributed by atoms with Crippen LogP contribution in [-0.4, -0.2) is 41.1 Å². The average Bonchev–Trinajstić information content (AvgIpc) is 3.02. The minimum atomic E-state index is 0.822. The molecule has 0 unspecified atom stereocenters. The van der Waals surface area contributed by atoms with Crippen molar-refractivity contribution in [3.8, 4) is 0 Å². The summed E-state index contributed by atoms with van der Waals surface area (Å²) in [5.74, 6) is 0.822. The van der Waals surface area contributed by atoms with E-state index in [0.29, 0.717) is 0 Å². The molecule has 22 heavy (non-hydrogen) atoms. The molecule has 0 radical (unpaired) electrons. The normalized spacial score (nSPS) is 15.5. The fourth-order valence-corrected chi connectivity index (χ4v) is 3.86. The molecule has 3 heterocycles. The van der Waals surface area contributed by atoms with Crippen LogP contribution in [0.1, 0.15) is 5.56 Å². The van der Waals surface area contributed by atoms with Crippen LogP contribution in [0.2, 0.25) is 0 Å². The zero-order valence-electron chi connectivity index (χ0n) is 12.4. The van der Waals surface area contributed by atoms with E-state index in [1.54, 1.807) is 23.7 Å². The third-order valence-corrected chi connectivity index (χ3v) is 5.08. The number of nitrogens with zero attached hydrogens (tertiary/aromatic N) is 5. The first-order valence-corrected chi connectivity index (χ1v) is 8.26. The van der Waals surface area contributed by atoms with Crippen molar-refractivity contribution in [1.29, 1.82) is 0 Å². The first-order chi connectivity index (χ1) is 10.8. The monoisotopic (exact) mass is 311 g/mol. The number of benzene rings is 1. The van der Waals surface area contributed by atoms with Crippen molar-refractivity contribution in [3.63, 3.8) is 0 Å². The Labute approximate surface area is 133 Å². The van der Waals surface area contributed by atoms with Crippen LogP contribution in [0, 0.1) is 6.92 Å². The fourth-order valence-electron chi connectivity index (χ4n) is 2.76. The van der Waals surface area contributed by atoms with Gasteiger partial charge in [-0.15, -0.1) is 0 Å². The van der Waals surface area contributed by atoms with Crippen molar-refractivity contribution >= 4 is 32.6 Å². The number of fused-ring (bicyclic) bond motifs is 1. The lowest BCUT2D eigenvalue weighted by Gasteiger charge is -2.34. The Morgan fingerprint density at radius 3 is 2.41 bits per heavy atom. The maximum absolute atomic E-state index is 4.83. The second-order valence-electron chi connectivity index (χ2n) is 5.44. The van der Waals surface area contributed by atoms with Crippen molar-refractivity contribution < 1.29 is 0 Å². The van der Waals surface area contributed by atoms with E-state index in [9.17, 15) is 0 Å². The first kappa shape index (κ1) is 13.5. The van der Waals surface area contributed by atoms with Gasteiger partial charge in [-0.25, -0.2) is 15.0 Å². The van der Waals surface area contributed by atoms with E-state index in [4.69, 9.17) is 4.98 Å². The van der Waals surface area contributed by atoms with Gasteiger partial charge in [0.2, 0.25) is 5.95 Å². The highest BCUT2D eigenvalue weighted by Gasteiger charge is 2.21. The Morgan fingerprint density at radius 1 is 0.955 bits per heavy atom. The smallest absolute Gasteiger partial charge is 0.225 e. The van der Waals surface area contributed by atoms with Crippen LogP contribution in [0.5, 0.6) is 0 Å². The molecule has 1 aliphatic heterocycles. The van der Waals surface area contributed by atoms with Gasteiger partial charge >= 0.3 is 0 Å². The molecule has 1 saturated heterocycles. The van der Waals surface area contributed by atoms with Gasteiger partial charge in [-0.2, -0.15) is 0 Å². The predicted molar refractivity (Wildman–Crippen MR) is 90.8 cm³/mol. The Balaban J connectivity index is 1.52.